The van der Waals surface area contributed by atoms with Crippen LogP contribution in [0.25, 0.3) is 0 Å². The second-order valence-electron chi connectivity index (χ2n) is 3.34. The summed E-state index contributed by atoms with van der Waals surface area (Å²) in [5, 5.41) is 0. The number of carbonyl (C=O) groups excluding carboxylic acids is 2. The number of amides is 2. The predicted octanol–water partition coefficient (Wildman–Crippen LogP) is -3.49. The van der Waals surface area contributed by atoms with E-state index in [-0.39, 0.29) is 24.2 Å². The summed E-state index contributed by atoms with van der Waals surface area (Å²) in [7, 11) is -10.0. The largest absolute Gasteiger partial charge is 0.425 e. The zero-order chi connectivity index (χ0) is 20.1. The maximum Gasteiger partial charge on any atom is 0.425 e. The molecule has 0 aliphatic rings. The van der Waals surface area contributed by atoms with Crippen LogP contribution < -0.4 is 22.9 Å². The van der Waals surface area contributed by atoms with Gasteiger partial charge in [0.1, 0.15) is 0 Å². The van der Waals surface area contributed by atoms with Gasteiger partial charge in [-0.25, -0.2) is 0 Å². The van der Waals surface area contributed by atoms with Gasteiger partial charge < -0.3 is 22.9 Å². The number of nitrogens with two attached hydrogens (primary N) is 4. The third-order valence-corrected chi connectivity index (χ3v) is 1.96. The number of primary amides is 2. The molecule has 0 aromatic carbocycles. The second-order valence-corrected chi connectivity index (χ2v) is 5.32. The van der Waals surface area contributed by atoms with Crippen molar-refractivity contribution in [2.24, 2.45) is 22.9 Å². The molecule has 0 atom stereocenters. The lowest BCUT2D eigenvalue weighted by Gasteiger charge is -1.92. The Bertz CT molecular complexity index is 596. The first-order valence-corrected chi connectivity index (χ1v) is 7.98. The summed E-state index contributed by atoms with van der Waals surface area (Å²) in [5.41, 5.74) is 19.9. The van der Waals surface area contributed by atoms with Gasteiger partial charge in [0.2, 0.25) is 11.8 Å². The van der Waals surface area contributed by atoms with Crippen molar-refractivity contribution >= 4 is 32.6 Å². The molecule has 0 spiro atoms. The van der Waals surface area contributed by atoms with E-state index >= 15 is 0 Å². The first-order valence-electron chi connectivity index (χ1n) is 5.25. The summed E-state index contributed by atoms with van der Waals surface area (Å²) in [4.78, 5) is 19.9. The van der Waals surface area contributed by atoms with Crippen LogP contribution in [-0.2, 0) is 39.1 Å². The third-order valence-electron chi connectivity index (χ3n) is 1.39. The zero-order valence-electron chi connectivity index (χ0n) is 12.1. The fraction of sp³-hybridized carbons (Fsp3) is 0.250. The van der Waals surface area contributed by atoms with Gasteiger partial charge in [0.25, 0.3) is 0 Å². The van der Waals surface area contributed by atoms with Crippen LogP contribution in [0.2, 0.25) is 0 Å². The maximum atomic E-state index is 9.97. The minimum atomic E-state index is -5.02. The lowest BCUT2D eigenvalue weighted by Crippen LogP contribution is -2.19. The van der Waals surface area contributed by atoms with Crippen molar-refractivity contribution in [1.82, 2.24) is 0 Å². The van der Waals surface area contributed by atoms with Crippen molar-refractivity contribution < 1.29 is 44.2 Å². The molecule has 142 valence electrons. The zero-order valence-corrected chi connectivity index (χ0v) is 13.7. The third kappa shape index (κ3) is 25.1. The van der Waals surface area contributed by atoms with Gasteiger partial charge in [-0.05, 0) is 0 Å². The highest BCUT2D eigenvalue weighted by Crippen LogP contribution is 1.92. The van der Waals surface area contributed by atoms with Crippen molar-refractivity contribution in [3.63, 3.8) is 0 Å². The fourth-order valence-electron chi connectivity index (χ4n) is 0.271. The van der Waals surface area contributed by atoms with E-state index in [1.165, 1.54) is 0 Å². The minimum Gasteiger partial charge on any atom is -0.366 e. The Morgan fingerprint density at radius 3 is 1.04 bits per heavy atom. The molecule has 0 rings (SSSR count). The van der Waals surface area contributed by atoms with Crippen molar-refractivity contribution in [2.75, 3.05) is 13.1 Å². The van der Waals surface area contributed by atoms with Gasteiger partial charge in [0.05, 0.1) is 0 Å². The van der Waals surface area contributed by atoms with Crippen LogP contribution in [0.15, 0.2) is 24.3 Å². The molecule has 0 aromatic heterocycles. The van der Waals surface area contributed by atoms with E-state index in [9.17, 15) is 26.4 Å². The van der Waals surface area contributed by atoms with Crippen molar-refractivity contribution in [3.8, 4) is 0 Å². The van der Waals surface area contributed by atoms with Crippen molar-refractivity contribution in [1.29, 1.82) is 0 Å². The summed E-state index contributed by atoms with van der Waals surface area (Å²) in [6.45, 7) is 6.84. The molecule has 0 bridgehead atoms. The number of hydrogen-bond acceptors (Lipinski definition) is 10. The molecule has 0 saturated heterocycles. The Balaban J connectivity index is -0.000000283. The van der Waals surface area contributed by atoms with E-state index in [4.69, 9.17) is 32.0 Å². The molecule has 2 amide bonds. The van der Waals surface area contributed by atoms with Crippen LogP contribution in [0, 0.1) is 0 Å². The van der Waals surface area contributed by atoms with E-state index in [1.807, 2.05) is 0 Å². The molecule has 0 aliphatic carbocycles. The number of hydrogen-bond donors (Lipinski definition) is 6. The fourth-order valence-corrected chi connectivity index (χ4v) is 0.833. The van der Waals surface area contributed by atoms with Crippen LogP contribution in [-0.4, -0.2) is 50.8 Å². The van der Waals surface area contributed by atoms with Crippen LogP contribution in [0.1, 0.15) is 0 Å². The highest BCUT2D eigenvalue weighted by Gasteiger charge is 2.13. The quantitative estimate of drug-likeness (QED) is 0.106. The molecule has 0 saturated carbocycles. The maximum absolute atomic E-state index is 9.97. The Labute approximate surface area is 137 Å². The summed E-state index contributed by atoms with van der Waals surface area (Å²) >= 11 is 0. The molecule has 0 unspecified atom stereocenters. The summed E-state index contributed by atoms with van der Waals surface area (Å²) in [5.74, 6) is -1.05. The lowest BCUT2D eigenvalue weighted by atomic mass is 10.3. The Hall–Kier alpha value is -1.92. The molecule has 24 heavy (non-hydrogen) atoms. The molecular weight excluding hydrogens is 376 g/mol. The van der Waals surface area contributed by atoms with Gasteiger partial charge in [-0.3, -0.25) is 18.7 Å². The molecule has 0 aromatic rings. The highest BCUT2D eigenvalue weighted by molar-refractivity contribution is 7.83. The highest BCUT2D eigenvalue weighted by atomic mass is 32.3. The topological polar surface area (TPSA) is 265 Å². The average molecular weight is 394 g/mol. The van der Waals surface area contributed by atoms with Crippen LogP contribution >= 0.6 is 0 Å². The van der Waals surface area contributed by atoms with E-state index in [0.717, 1.165) is 0 Å². The van der Waals surface area contributed by atoms with E-state index in [2.05, 4.69) is 21.8 Å². The normalized spacial score (nSPS) is 10.3. The van der Waals surface area contributed by atoms with Gasteiger partial charge in [0.15, 0.2) is 0 Å². The Morgan fingerprint density at radius 1 is 0.792 bits per heavy atom. The molecule has 16 heteroatoms. The lowest BCUT2D eigenvalue weighted by molar-refractivity contribution is -0.115. The number of carbonyl (C=O) groups is 2. The predicted molar refractivity (Wildman–Crippen MR) is 80.0 cm³/mol. The van der Waals surface area contributed by atoms with Gasteiger partial charge in [-0.1, -0.05) is 21.8 Å². The molecule has 0 fully saturated rings. The van der Waals surface area contributed by atoms with Gasteiger partial charge in [-0.15, -0.1) is 0 Å². The first kappa shape index (κ1) is 27.0. The molecule has 0 radical (unpaired) electrons. The van der Waals surface area contributed by atoms with Crippen molar-refractivity contribution in [2.45, 2.75) is 0 Å². The standard InChI is InChI=1S/2C4H8N2O.H2O8S2/c2*1-3(2-5)4(6)7;1-9(2,3)7-8-10(4,5)6/h2*1-2,5H2,(H2,6,7);(H,1,2,3)(H,4,5,6). The van der Waals surface area contributed by atoms with Gasteiger partial charge in [-0.2, -0.15) is 16.8 Å². The van der Waals surface area contributed by atoms with Crippen molar-refractivity contribution in [3.05, 3.63) is 24.3 Å². The van der Waals surface area contributed by atoms with E-state index in [0.29, 0.717) is 0 Å². The smallest absolute Gasteiger partial charge is 0.366 e. The molecule has 0 heterocycles. The monoisotopic (exact) mass is 394 g/mol. The molecule has 14 nitrogen and oxygen atoms in total. The average Bonchev–Trinajstić information content (AvgIpc) is 2.43. The number of rotatable bonds is 7. The van der Waals surface area contributed by atoms with E-state index < -0.39 is 32.6 Å². The Morgan fingerprint density at radius 2 is 1.00 bits per heavy atom. The van der Waals surface area contributed by atoms with Gasteiger partial charge >= 0.3 is 20.8 Å². The molecular formula is C8H18N4O10S2. The van der Waals surface area contributed by atoms with Crippen LogP contribution in [0.5, 0.6) is 0 Å². The molecule has 0 aliphatic heterocycles. The summed E-state index contributed by atoms with van der Waals surface area (Å²) in [6.07, 6.45) is 0. The van der Waals surface area contributed by atoms with Gasteiger partial charge in [0, 0.05) is 24.2 Å². The second kappa shape index (κ2) is 12.5. The van der Waals surface area contributed by atoms with Crippen LogP contribution in [0.3, 0.4) is 0 Å². The van der Waals surface area contributed by atoms with Crippen LogP contribution in [0.4, 0.5) is 0 Å². The molecule has 10 N–H and O–H groups in total. The summed E-state index contributed by atoms with van der Waals surface area (Å²) in [6, 6.07) is 0. The minimum absolute atomic E-state index is 0.148. The Kier molecular flexibility index (Phi) is 14.0. The summed E-state index contributed by atoms with van der Waals surface area (Å²) < 4.78 is 58.9. The SMILES string of the molecule is C=C(CN)C(N)=O.C=C(CN)C(N)=O.O=S(=O)(O)OOS(=O)(=O)O. The first-order chi connectivity index (χ1) is 10.6. The van der Waals surface area contributed by atoms with E-state index in [1.54, 1.807) is 0 Å².